The van der Waals surface area contributed by atoms with Crippen molar-refractivity contribution in [2.24, 2.45) is 0 Å². The number of para-hydroxylation sites is 1. The summed E-state index contributed by atoms with van der Waals surface area (Å²) >= 11 is 0. The molecule has 0 amide bonds. The maximum absolute atomic E-state index is 12.0. The van der Waals surface area contributed by atoms with Gasteiger partial charge < -0.3 is 19.9 Å². The molecule has 6 heteroatoms. The van der Waals surface area contributed by atoms with Crippen LogP contribution in [-0.2, 0) is 6.42 Å². The summed E-state index contributed by atoms with van der Waals surface area (Å²) in [5.74, 6) is -1.19. The Labute approximate surface area is 201 Å². The van der Waals surface area contributed by atoms with E-state index in [1.54, 1.807) is 24.3 Å². The van der Waals surface area contributed by atoms with Gasteiger partial charge in [0.2, 0.25) is 0 Å². The number of nitrogens with one attached hydrogen (secondary N) is 1. The number of fused-ring (bicyclic) bond motifs is 2. The molecular weight excluding hydrogens is 442 g/mol. The predicted octanol–water partition coefficient (Wildman–Crippen LogP) is 6.40. The molecule has 1 aromatic heterocycles. The molecule has 5 rings (SSSR count). The van der Waals surface area contributed by atoms with Gasteiger partial charge in [-0.3, -0.25) is 0 Å². The Hall–Kier alpha value is -4.58. The van der Waals surface area contributed by atoms with Gasteiger partial charge in [0.15, 0.2) is 0 Å². The van der Waals surface area contributed by atoms with Gasteiger partial charge in [-0.2, -0.15) is 0 Å². The smallest absolute Gasteiger partial charge is 0.352 e. The van der Waals surface area contributed by atoms with Gasteiger partial charge in [0.25, 0.3) is 0 Å². The molecule has 6 nitrogen and oxygen atoms in total. The third-order valence-corrected chi connectivity index (χ3v) is 6.18. The van der Waals surface area contributed by atoms with Gasteiger partial charge in [0.05, 0.1) is 17.7 Å². The number of benzene rings is 4. The van der Waals surface area contributed by atoms with Gasteiger partial charge in [-0.05, 0) is 47.6 Å². The van der Waals surface area contributed by atoms with Crippen LogP contribution in [-0.4, -0.2) is 33.7 Å². The number of carboxylic acids is 2. The molecule has 0 atom stereocenters. The summed E-state index contributed by atoms with van der Waals surface area (Å²) in [5.41, 5.74) is 3.45. The van der Waals surface area contributed by atoms with Gasteiger partial charge in [0.1, 0.15) is 11.4 Å². The standard InChI is InChI=1S/C29H23NO5/c31-28(32)20-15-13-19(14-16-20)22-9-4-10-23-24(27(29(33)34)30-26(22)23)11-5-17-35-25-12-3-7-18-6-1-2-8-21(18)25/h1-4,6-10,12-16,30H,5,11,17H2,(H,31,32)(H,33,34). The Balaban J connectivity index is 1.40. The number of carboxylic acid groups (broad SMARTS) is 2. The van der Waals surface area contributed by atoms with Crippen molar-refractivity contribution in [3.05, 3.63) is 102 Å². The summed E-state index contributed by atoms with van der Waals surface area (Å²) < 4.78 is 6.05. The van der Waals surface area contributed by atoms with Crippen LogP contribution >= 0.6 is 0 Å². The number of aromatic nitrogens is 1. The second-order valence-electron chi connectivity index (χ2n) is 8.32. The first kappa shape index (κ1) is 22.2. The van der Waals surface area contributed by atoms with E-state index in [0.29, 0.717) is 19.4 Å². The molecule has 0 bridgehead atoms. The fourth-order valence-corrected chi connectivity index (χ4v) is 4.50. The van der Waals surface area contributed by atoms with E-state index >= 15 is 0 Å². The minimum atomic E-state index is -1.02. The summed E-state index contributed by atoms with van der Waals surface area (Å²) in [6, 6.07) is 26.2. The highest BCUT2D eigenvalue weighted by atomic mass is 16.5. The van der Waals surface area contributed by atoms with E-state index in [4.69, 9.17) is 9.84 Å². The summed E-state index contributed by atoms with van der Waals surface area (Å²) in [6.07, 6.45) is 1.18. The van der Waals surface area contributed by atoms with Crippen molar-refractivity contribution in [3.63, 3.8) is 0 Å². The molecule has 0 aliphatic heterocycles. The summed E-state index contributed by atoms with van der Waals surface area (Å²) in [6.45, 7) is 0.454. The Morgan fingerprint density at radius 1 is 0.771 bits per heavy atom. The number of hydrogen-bond donors (Lipinski definition) is 3. The first-order valence-corrected chi connectivity index (χ1v) is 11.3. The number of carbonyl (C=O) groups is 2. The molecule has 4 aromatic carbocycles. The van der Waals surface area contributed by atoms with Crippen molar-refractivity contribution in [2.75, 3.05) is 6.61 Å². The monoisotopic (exact) mass is 465 g/mol. The molecule has 5 aromatic rings. The lowest BCUT2D eigenvalue weighted by Gasteiger charge is -2.09. The second kappa shape index (κ2) is 9.35. The Kier molecular flexibility index (Phi) is 5.94. The van der Waals surface area contributed by atoms with Gasteiger partial charge in [-0.1, -0.05) is 66.7 Å². The van der Waals surface area contributed by atoms with E-state index in [2.05, 4.69) is 4.98 Å². The fraction of sp³-hybridized carbons (Fsp3) is 0.103. The van der Waals surface area contributed by atoms with Crippen LogP contribution in [0.2, 0.25) is 0 Å². The first-order chi connectivity index (χ1) is 17.0. The Bertz CT molecular complexity index is 1540. The number of hydrogen-bond acceptors (Lipinski definition) is 3. The van der Waals surface area contributed by atoms with Crippen molar-refractivity contribution in [1.82, 2.24) is 4.98 Å². The van der Waals surface area contributed by atoms with Crippen molar-refractivity contribution < 1.29 is 24.5 Å². The van der Waals surface area contributed by atoms with Gasteiger partial charge in [-0.25, -0.2) is 9.59 Å². The van der Waals surface area contributed by atoms with Crippen molar-refractivity contribution >= 4 is 33.6 Å². The van der Waals surface area contributed by atoms with Gasteiger partial charge in [-0.15, -0.1) is 0 Å². The molecule has 174 valence electrons. The molecule has 0 aliphatic carbocycles. The van der Waals surface area contributed by atoms with Crippen molar-refractivity contribution in [1.29, 1.82) is 0 Å². The molecule has 0 unspecified atom stereocenters. The minimum absolute atomic E-state index is 0.166. The van der Waals surface area contributed by atoms with Crippen LogP contribution in [0.5, 0.6) is 5.75 Å². The molecule has 35 heavy (non-hydrogen) atoms. The molecule has 0 spiro atoms. The number of aryl methyl sites for hydroxylation is 1. The van der Waals surface area contributed by atoms with E-state index in [9.17, 15) is 14.7 Å². The average molecular weight is 466 g/mol. The Morgan fingerprint density at radius 2 is 1.49 bits per heavy atom. The van der Waals surface area contributed by atoms with Crippen LogP contribution in [0.25, 0.3) is 32.8 Å². The molecule has 0 fully saturated rings. The molecule has 0 saturated carbocycles. The number of rotatable bonds is 8. The van der Waals surface area contributed by atoms with Crippen LogP contribution in [0, 0.1) is 0 Å². The third kappa shape index (κ3) is 4.34. The van der Waals surface area contributed by atoms with Crippen LogP contribution in [0.4, 0.5) is 0 Å². The third-order valence-electron chi connectivity index (χ3n) is 6.18. The highest BCUT2D eigenvalue weighted by molar-refractivity contribution is 6.03. The summed E-state index contributed by atoms with van der Waals surface area (Å²) in [4.78, 5) is 26.3. The summed E-state index contributed by atoms with van der Waals surface area (Å²) in [5, 5.41) is 22.0. The van der Waals surface area contributed by atoms with E-state index < -0.39 is 11.9 Å². The zero-order valence-corrected chi connectivity index (χ0v) is 18.8. The first-order valence-electron chi connectivity index (χ1n) is 11.3. The van der Waals surface area contributed by atoms with Crippen LogP contribution in [0.15, 0.2) is 84.9 Å². The number of ether oxygens (including phenoxy) is 1. The van der Waals surface area contributed by atoms with Gasteiger partial charge in [0, 0.05) is 16.3 Å². The maximum atomic E-state index is 12.0. The SMILES string of the molecule is O=C(O)c1ccc(-c2cccc3c(CCCOc4cccc5ccccc45)c(C(=O)O)[nH]c23)cc1. The normalized spacial score (nSPS) is 11.1. The number of aromatic amines is 1. The predicted molar refractivity (Wildman–Crippen MR) is 135 cm³/mol. The molecular formula is C29H23NO5. The fourth-order valence-electron chi connectivity index (χ4n) is 4.50. The number of aromatic carboxylic acids is 2. The lowest BCUT2D eigenvalue weighted by molar-refractivity contribution is 0.0682. The molecule has 0 radical (unpaired) electrons. The molecule has 0 saturated heterocycles. The lowest BCUT2D eigenvalue weighted by atomic mass is 9.99. The van der Waals surface area contributed by atoms with E-state index in [1.165, 1.54) is 0 Å². The van der Waals surface area contributed by atoms with E-state index in [1.807, 2.05) is 60.7 Å². The zero-order chi connectivity index (χ0) is 24.4. The van der Waals surface area contributed by atoms with Crippen LogP contribution in [0.1, 0.15) is 32.8 Å². The van der Waals surface area contributed by atoms with Gasteiger partial charge >= 0.3 is 11.9 Å². The minimum Gasteiger partial charge on any atom is -0.493 e. The van der Waals surface area contributed by atoms with E-state index in [0.717, 1.165) is 44.1 Å². The van der Waals surface area contributed by atoms with Crippen molar-refractivity contribution in [2.45, 2.75) is 12.8 Å². The quantitative estimate of drug-likeness (QED) is 0.230. The number of H-pyrrole nitrogens is 1. The highest BCUT2D eigenvalue weighted by Crippen LogP contribution is 2.33. The molecule has 3 N–H and O–H groups in total. The van der Waals surface area contributed by atoms with Crippen LogP contribution < -0.4 is 4.74 Å². The highest BCUT2D eigenvalue weighted by Gasteiger charge is 2.19. The Morgan fingerprint density at radius 3 is 2.26 bits per heavy atom. The lowest BCUT2D eigenvalue weighted by Crippen LogP contribution is -2.04. The molecule has 0 aliphatic rings. The average Bonchev–Trinajstić information content (AvgIpc) is 3.26. The largest absolute Gasteiger partial charge is 0.493 e. The van der Waals surface area contributed by atoms with E-state index in [-0.39, 0.29) is 11.3 Å². The maximum Gasteiger partial charge on any atom is 0.352 e. The summed E-state index contributed by atoms with van der Waals surface area (Å²) in [7, 11) is 0. The molecule has 1 heterocycles. The van der Waals surface area contributed by atoms with Crippen molar-refractivity contribution in [3.8, 4) is 16.9 Å². The zero-order valence-electron chi connectivity index (χ0n) is 18.8. The van der Waals surface area contributed by atoms with Crippen LogP contribution in [0.3, 0.4) is 0 Å². The topological polar surface area (TPSA) is 99.6 Å². The second-order valence-corrected chi connectivity index (χ2v) is 8.32.